The SMILES string of the molecule is CC[C@H](C)C(=O)NCC1(N[C@H](C)c2ccccc2)CCOCC1. The van der Waals surface area contributed by atoms with Crippen LogP contribution in [0.1, 0.15) is 51.6 Å². The van der Waals surface area contributed by atoms with Crippen molar-refractivity contribution in [2.24, 2.45) is 5.92 Å². The van der Waals surface area contributed by atoms with E-state index in [1.807, 2.05) is 19.9 Å². The third-order valence-corrected chi connectivity index (χ3v) is 4.93. The standard InChI is InChI=1S/C19H30N2O2/c1-4-15(2)18(22)20-14-19(10-12-23-13-11-19)21-16(3)17-8-6-5-7-9-17/h5-9,15-16,21H,4,10-14H2,1-3H3,(H,20,22)/t15-,16+/m0/s1. The van der Waals surface area contributed by atoms with Crippen LogP contribution < -0.4 is 10.6 Å². The maximum Gasteiger partial charge on any atom is 0.222 e. The van der Waals surface area contributed by atoms with Crippen LogP contribution in [0.4, 0.5) is 0 Å². The lowest BCUT2D eigenvalue weighted by atomic mass is 9.88. The van der Waals surface area contributed by atoms with Crippen molar-refractivity contribution in [3.8, 4) is 0 Å². The van der Waals surface area contributed by atoms with E-state index in [2.05, 4.69) is 41.8 Å². The molecule has 2 N–H and O–H groups in total. The summed E-state index contributed by atoms with van der Waals surface area (Å²) in [6.07, 6.45) is 2.71. The third-order valence-electron chi connectivity index (χ3n) is 4.93. The van der Waals surface area contributed by atoms with Crippen LogP contribution in [0.3, 0.4) is 0 Å². The second-order valence-corrected chi connectivity index (χ2v) is 6.70. The molecule has 0 spiro atoms. The Labute approximate surface area is 140 Å². The molecule has 1 amide bonds. The molecule has 0 bridgehead atoms. The molecule has 0 saturated carbocycles. The van der Waals surface area contributed by atoms with E-state index in [1.165, 1.54) is 5.56 Å². The maximum atomic E-state index is 12.1. The number of carbonyl (C=O) groups is 1. The van der Waals surface area contributed by atoms with Gasteiger partial charge in [0.05, 0.1) is 0 Å². The summed E-state index contributed by atoms with van der Waals surface area (Å²) in [5, 5.41) is 6.91. The van der Waals surface area contributed by atoms with Crippen molar-refractivity contribution in [1.29, 1.82) is 0 Å². The molecule has 1 heterocycles. The molecule has 23 heavy (non-hydrogen) atoms. The van der Waals surface area contributed by atoms with Crippen molar-refractivity contribution in [1.82, 2.24) is 10.6 Å². The fraction of sp³-hybridized carbons (Fsp3) is 0.632. The summed E-state index contributed by atoms with van der Waals surface area (Å²) in [7, 11) is 0. The van der Waals surface area contributed by atoms with Crippen LogP contribution in [0.5, 0.6) is 0 Å². The Morgan fingerprint density at radius 1 is 1.22 bits per heavy atom. The van der Waals surface area contributed by atoms with E-state index in [-0.39, 0.29) is 23.4 Å². The lowest BCUT2D eigenvalue weighted by Crippen LogP contribution is -2.57. The van der Waals surface area contributed by atoms with Crippen LogP contribution in [0.25, 0.3) is 0 Å². The smallest absolute Gasteiger partial charge is 0.222 e. The quantitative estimate of drug-likeness (QED) is 0.812. The molecule has 0 aromatic heterocycles. The van der Waals surface area contributed by atoms with E-state index >= 15 is 0 Å². The summed E-state index contributed by atoms with van der Waals surface area (Å²) < 4.78 is 5.53. The summed E-state index contributed by atoms with van der Waals surface area (Å²) in [5.74, 6) is 0.214. The number of ether oxygens (including phenoxy) is 1. The predicted molar refractivity (Wildman–Crippen MR) is 93.2 cm³/mol. The average molecular weight is 318 g/mol. The summed E-state index contributed by atoms with van der Waals surface area (Å²) in [6.45, 7) is 8.36. The van der Waals surface area contributed by atoms with Gasteiger partial charge in [-0.15, -0.1) is 0 Å². The topological polar surface area (TPSA) is 50.4 Å². The van der Waals surface area contributed by atoms with Gasteiger partial charge in [0.1, 0.15) is 0 Å². The van der Waals surface area contributed by atoms with Gasteiger partial charge in [-0.05, 0) is 31.7 Å². The van der Waals surface area contributed by atoms with Crippen molar-refractivity contribution >= 4 is 5.91 Å². The predicted octanol–water partition coefficient (Wildman–Crippen LogP) is 3.05. The van der Waals surface area contributed by atoms with Gasteiger partial charge < -0.3 is 15.4 Å². The Balaban J connectivity index is 2.02. The second-order valence-electron chi connectivity index (χ2n) is 6.70. The molecular weight excluding hydrogens is 288 g/mol. The summed E-state index contributed by atoms with van der Waals surface area (Å²) in [5.41, 5.74) is 1.18. The van der Waals surface area contributed by atoms with Crippen LogP contribution in [0.2, 0.25) is 0 Å². The first-order valence-electron chi connectivity index (χ1n) is 8.74. The number of amides is 1. The molecule has 1 aromatic carbocycles. The van der Waals surface area contributed by atoms with Crippen molar-refractivity contribution in [2.75, 3.05) is 19.8 Å². The van der Waals surface area contributed by atoms with Gasteiger partial charge in [0.15, 0.2) is 0 Å². The van der Waals surface area contributed by atoms with Crippen LogP contribution in [0, 0.1) is 5.92 Å². The molecule has 0 radical (unpaired) electrons. The van der Waals surface area contributed by atoms with E-state index in [0.717, 1.165) is 32.5 Å². The van der Waals surface area contributed by atoms with Gasteiger partial charge in [0.25, 0.3) is 0 Å². The second kappa shape index (κ2) is 8.46. The first-order chi connectivity index (χ1) is 11.1. The molecule has 1 aliphatic rings. The van der Waals surface area contributed by atoms with Gasteiger partial charge in [-0.2, -0.15) is 0 Å². The highest BCUT2D eigenvalue weighted by atomic mass is 16.5. The Bertz CT molecular complexity index is 483. The van der Waals surface area contributed by atoms with Gasteiger partial charge >= 0.3 is 0 Å². The Morgan fingerprint density at radius 2 is 1.87 bits per heavy atom. The Morgan fingerprint density at radius 3 is 2.48 bits per heavy atom. The van der Waals surface area contributed by atoms with Gasteiger partial charge in [0.2, 0.25) is 5.91 Å². The van der Waals surface area contributed by atoms with E-state index in [9.17, 15) is 4.79 Å². The Hall–Kier alpha value is -1.39. The Kier molecular flexibility index (Phi) is 6.60. The molecule has 0 aliphatic carbocycles. The third kappa shape index (κ3) is 5.05. The summed E-state index contributed by atoms with van der Waals surface area (Å²) in [6, 6.07) is 10.7. The zero-order valence-electron chi connectivity index (χ0n) is 14.6. The fourth-order valence-corrected chi connectivity index (χ4v) is 3.03. The summed E-state index contributed by atoms with van der Waals surface area (Å²) in [4.78, 5) is 12.1. The molecule has 4 heteroatoms. The van der Waals surface area contributed by atoms with Crippen LogP contribution in [-0.2, 0) is 9.53 Å². The van der Waals surface area contributed by atoms with Crippen molar-refractivity contribution in [3.05, 3.63) is 35.9 Å². The molecule has 2 atom stereocenters. The molecule has 1 saturated heterocycles. The van der Waals surface area contributed by atoms with Crippen molar-refractivity contribution < 1.29 is 9.53 Å². The maximum absolute atomic E-state index is 12.1. The first-order valence-corrected chi connectivity index (χ1v) is 8.74. The number of hydrogen-bond acceptors (Lipinski definition) is 3. The summed E-state index contributed by atoms with van der Waals surface area (Å²) >= 11 is 0. The fourth-order valence-electron chi connectivity index (χ4n) is 3.03. The van der Waals surface area contributed by atoms with Gasteiger partial charge in [-0.1, -0.05) is 44.2 Å². The number of hydrogen-bond donors (Lipinski definition) is 2. The number of nitrogens with one attached hydrogen (secondary N) is 2. The minimum Gasteiger partial charge on any atom is -0.381 e. The van der Waals surface area contributed by atoms with Crippen molar-refractivity contribution in [2.45, 2.75) is 51.6 Å². The monoisotopic (exact) mass is 318 g/mol. The normalized spacial score (nSPS) is 19.8. The van der Waals surface area contributed by atoms with Crippen molar-refractivity contribution in [3.63, 3.8) is 0 Å². The average Bonchev–Trinajstić information content (AvgIpc) is 2.60. The molecule has 2 rings (SSSR count). The van der Waals surface area contributed by atoms with Crippen LogP contribution in [0.15, 0.2) is 30.3 Å². The highest BCUT2D eigenvalue weighted by Gasteiger charge is 2.34. The molecule has 4 nitrogen and oxygen atoms in total. The van der Waals surface area contributed by atoms with Crippen LogP contribution in [-0.4, -0.2) is 31.2 Å². The van der Waals surface area contributed by atoms with Gasteiger partial charge in [-0.25, -0.2) is 0 Å². The van der Waals surface area contributed by atoms with Crippen LogP contribution >= 0.6 is 0 Å². The zero-order valence-corrected chi connectivity index (χ0v) is 14.6. The lowest BCUT2D eigenvalue weighted by molar-refractivity contribution is -0.125. The van der Waals surface area contributed by atoms with E-state index in [1.54, 1.807) is 0 Å². The molecule has 1 aromatic rings. The first kappa shape index (κ1) is 18.0. The number of carbonyl (C=O) groups excluding carboxylic acids is 1. The van der Waals surface area contributed by atoms with E-state index < -0.39 is 0 Å². The highest BCUT2D eigenvalue weighted by Crippen LogP contribution is 2.25. The highest BCUT2D eigenvalue weighted by molar-refractivity contribution is 5.78. The van der Waals surface area contributed by atoms with E-state index in [4.69, 9.17) is 4.74 Å². The largest absolute Gasteiger partial charge is 0.381 e. The lowest BCUT2D eigenvalue weighted by Gasteiger charge is -2.40. The molecule has 1 aliphatic heterocycles. The molecular formula is C19H30N2O2. The minimum atomic E-state index is -0.0867. The number of rotatable bonds is 7. The molecule has 1 fully saturated rings. The van der Waals surface area contributed by atoms with Gasteiger partial charge in [0, 0.05) is 37.3 Å². The molecule has 128 valence electrons. The zero-order chi connectivity index (χ0) is 16.7. The number of benzene rings is 1. The van der Waals surface area contributed by atoms with E-state index in [0.29, 0.717) is 6.54 Å². The van der Waals surface area contributed by atoms with Gasteiger partial charge in [-0.3, -0.25) is 4.79 Å². The minimum absolute atomic E-state index is 0.0680. The molecule has 0 unspecified atom stereocenters.